The second kappa shape index (κ2) is 9.88. The molecular formula is C21H24N4O4S2. The van der Waals surface area contributed by atoms with Gasteiger partial charge in [0.2, 0.25) is 0 Å². The molecule has 10 heteroatoms. The van der Waals surface area contributed by atoms with Crippen molar-refractivity contribution in [2.45, 2.75) is 13.8 Å². The maximum Gasteiger partial charge on any atom is 0.348 e. The van der Waals surface area contributed by atoms with E-state index in [9.17, 15) is 14.4 Å². The number of anilines is 2. The van der Waals surface area contributed by atoms with Crippen LogP contribution >= 0.6 is 22.7 Å². The van der Waals surface area contributed by atoms with Crippen LogP contribution in [0.3, 0.4) is 0 Å². The van der Waals surface area contributed by atoms with Gasteiger partial charge in [-0.15, -0.1) is 11.3 Å². The molecule has 0 aliphatic carbocycles. The Labute approximate surface area is 188 Å². The summed E-state index contributed by atoms with van der Waals surface area (Å²) in [6, 6.07) is 8.42. The van der Waals surface area contributed by atoms with E-state index in [1.165, 1.54) is 22.7 Å². The highest BCUT2D eigenvalue weighted by Gasteiger charge is 2.18. The Kier molecular flexibility index (Phi) is 7.24. The minimum Gasteiger partial charge on any atom is -0.451 e. The molecule has 0 saturated carbocycles. The fourth-order valence-electron chi connectivity index (χ4n) is 2.59. The number of amides is 2. The van der Waals surface area contributed by atoms with E-state index in [1.54, 1.807) is 30.3 Å². The summed E-state index contributed by atoms with van der Waals surface area (Å²) >= 11 is 2.71. The van der Waals surface area contributed by atoms with Gasteiger partial charge in [0.1, 0.15) is 9.71 Å². The number of benzene rings is 1. The Balaban J connectivity index is 1.58. The second-order valence-electron chi connectivity index (χ2n) is 7.44. The number of hydrogen-bond acceptors (Lipinski definition) is 8. The van der Waals surface area contributed by atoms with Crippen LogP contribution in [0.25, 0.3) is 9.53 Å². The molecule has 2 aromatic heterocycles. The summed E-state index contributed by atoms with van der Waals surface area (Å²) in [6.45, 7) is 4.07. The molecule has 0 bridgehead atoms. The number of carbonyl (C=O) groups is 3. The lowest BCUT2D eigenvalue weighted by Gasteiger charge is -2.12. The molecule has 3 rings (SSSR count). The van der Waals surface area contributed by atoms with Gasteiger partial charge in [-0.1, -0.05) is 37.3 Å². The maximum absolute atomic E-state index is 12.4. The number of aromatic nitrogens is 1. The first-order chi connectivity index (χ1) is 14.7. The van der Waals surface area contributed by atoms with Crippen LogP contribution < -0.4 is 15.5 Å². The number of thiophene rings is 1. The third-order valence-electron chi connectivity index (χ3n) is 4.11. The van der Waals surface area contributed by atoms with Gasteiger partial charge in [0.05, 0.1) is 16.0 Å². The summed E-state index contributed by atoms with van der Waals surface area (Å²) in [5.74, 6) is -1.07. The average molecular weight is 461 g/mol. The van der Waals surface area contributed by atoms with E-state index in [-0.39, 0.29) is 5.91 Å². The molecule has 2 amide bonds. The van der Waals surface area contributed by atoms with Gasteiger partial charge >= 0.3 is 5.97 Å². The molecule has 0 aliphatic rings. The number of para-hydroxylation sites is 1. The number of esters is 1. The van der Waals surface area contributed by atoms with Crippen LogP contribution in [0.2, 0.25) is 0 Å². The van der Waals surface area contributed by atoms with Gasteiger partial charge in [0.15, 0.2) is 11.7 Å². The van der Waals surface area contributed by atoms with Crippen molar-refractivity contribution < 1.29 is 19.1 Å². The third-order valence-corrected chi connectivity index (χ3v) is 6.42. The highest BCUT2D eigenvalue weighted by atomic mass is 32.1. The minimum atomic E-state index is -0.584. The SMILES string of the molecule is CC(C)CNC(=O)c1ccccc1NC(=O)COC(=O)c1cc2sc(N(C)C)nc2s1. The molecule has 164 valence electrons. The highest BCUT2D eigenvalue weighted by molar-refractivity contribution is 7.29. The fourth-order valence-corrected chi connectivity index (χ4v) is 4.61. The Morgan fingerprint density at radius 2 is 1.90 bits per heavy atom. The standard InChI is InChI=1S/C21H24N4O4S2/c1-12(2)10-22-18(27)13-7-5-6-8-14(13)23-17(26)11-29-20(28)16-9-15-19(30-16)24-21(31-15)25(3)4/h5-9,12H,10-11H2,1-4H3,(H,22,27)(H,23,26). The van der Waals surface area contributed by atoms with Crippen LogP contribution in [0.4, 0.5) is 10.8 Å². The van der Waals surface area contributed by atoms with Crippen LogP contribution in [0, 0.1) is 5.92 Å². The number of carbonyl (C=O) groups excluding carboxylic acids is 3. The second-order valence-corrected chi connectivity index (χ2v) is 9.48. The van der Waals surface area contributed by atoms with Crippen molar-refractivity contribution in [3.8, 4) is 0 Å². The fraction of sp³-hybridized carbons (Fsp3) is 0.333. The van der Waals surface area contributed by atoms with E-state index >= 15 is 0 Å². The van der Waals surface area contributed by atoms with Crippen molar-refractivity contribution in [2.24, 2.45) is 5.92 Å². The molecule has 8 nitrogen and oxygen atoms in total. The van der Waals surface area contributed by atoms with Gasteiger partial charge in [-0.2, -0.15) is 0 Å². The number of nitrogens with zero attached hydrogens (tertiary/aromatic N) is 2. The average Bonchev–Trinajstić information content (AvgIpc) is 3.30. The number of fused-ring (bicyclic) bond motifs is 1. The number of nitrogens with one attached hydrogen (secondary N) is 2. The van der Waals surface area contributed by atoms with Crippen molar-refractivity contribution in [2.75, 3.05) is 37.5 Å². The smallest absolute Gasteiger partial charge is 0.348 e. The zero-order valence-electron chi connectivity index (χ0n) is 17.7. The predicted octanol–water partition coefficient (Wildman–Crippen LogP) is 3.61. The summed E-state index contributed by atoms with van der Waals surface area (Å²) in [5, 5.41) is 6.32. The van der Waals surface area contributed by atoms with Gasteiger partial charge in [0.25, 0.3) is 11.8 Å². The summed E-state index contributed by atoms with van der Waals surface area (Å²) in [6.07, 6.45) is 0. The first kappa shape index (κ1) is 22.7. The molecule has 0 radical (unpaired) electrons. The molecule has 0 fully saturated rings. The maximum atomic E-state index is 12.4. The molecule has 2 heterocycles. The Hall–Kier alpha value is -2.98. The number of hydrogen-bond donors (Lipinski definition) is 2. The molecule has 0 unspecified atom stereocenters. The first-order valence-corrected chi connectivity index (χ1v) is 11.3. The van der Waals surface area contributed by atoms with Crippen LogP contribution in [0.1, 0.15) is 33.9 Å². The molecule has 0 spiro atoms. The summed E-state index contributed by atoms with van der Waals surface area (Å²) in [7, 11) is 3.81. The number of ether oxygens (including phenoxy) is 1. The molecule has 1 aromatic carbocycles. The van der Waals surface area contributed by atoms with Crippen LogP contribution in [-0.4, -0.2) is 50.0 Å². The quantitative estimate of drug-likeness (QED) is 0.498. The molecule has 3 aromatic rings. The summed E-state index contributed by atoms with van der Waals surface area (Å²) in [5.41, 5.74) is 0.714. The topological polar surface area (TPSA) is 101 Å². The lowest BCUT2D eigenvalue weighted by atomic mass is 10.1. The molecule has 0 saturated heterocycles. The monoisotopic (exact) mass is 460 g/mol. The summed E-state index contributed by atoms with van der Waals surface area (Å²) < 4.78 is 6.04. The van der Waals surface area contributed by atoms with Gasteiger partial charge in [0, 0.05) is 20.6 Å². The lowest BCUT2D eigenvalue weighted by Crippen LogP contribution is -2.29. The third kappa shape index (κ3) is 5.80. The van der Waals surface area contributed by atoms with Gasteiger partial charge in [-0.25, -0.2) is 9.78 Å². The van der Waals surface area contributed by atoms with Crippen molar-refractivity contribution in [1.82, 2.24) is 10.3 Å². The zero-order chi connectivity index (χ0) is 22.5. The van der Waals surface area contributed by atoms with E-state index in [2.05, 4.69) is 15.6 Å². The van der Waals surface area contributed by atoms with E-state index < -0.39 is 18.5 Å². The van der Waals surface area contributed by atoms with Gasteiger partial charge < -0.3 is 20.3 Å². The van der Waals surface area contributed by atoms with Crippen LogP contribution in [0.5, 0.6) is 0 Å². The van der Waals surface area contributed by atoms with Crippen molar-refractivity contribution >= 4 is 60.8 Å². The van der Waals surface area contributed by atoms with E-state index in [0.717, 1.165) is 14.7 Å². The van der Waals surface area contributed by atoms with Crippen molar-refractivity contribution in [3.63, 3.8) is 0 Å². The minimum absolute atomic E-state index is 0.273. The predicted molar refractivity (Wildman–Crippen MR) is 124 cm³/mol. The highest BCUT2D eigenvalue weighted by Crippen LogP contribution is 2.34. The lowest BCUT2D eigenvalue weighted by molar-refractivity contribution is -0.119. The molecule has 0 aliphatic heterocycles. The van der Waals surface area contributed by atoms with E-state index in [0.29, 0.717) is 28.6 Å². The van der Waals surface area contributed by atoms with Crippen molar-refractivity contribution in [1.29, 1.82) is 0 Å². The number of thiazole rings is 1. The van der Waals surface area contributed by atoms with Gasteiger partial charge in [-0.3, -0.25) is 9.59 Å². The van der Waals surface area contributed by atoms with Gasteiger partial charge in [-0.05, 0) is 24.1 Å². The van der Waals surface area contributed by atoms with Crippen LogP contribution in [0.15, 0.2) is 30.3 Å². The molecule has 31 heavy (non-hydrogen) atoms. The molecular weight excluding hydrogens is 436 g/mol. The van der Waals surface area contributed by atoms with E-state index in [1.807, 2.05) is 32.8 Å². The first-order valence-electron chi connectivity index (χ1n) is 9.66. The van der Waals surface area contributed by atoms with Crippen LogP contribution in [-0.2, 0) is 9.53 Å². The van der Waals surface area contributed by atoms with Crippen molar-refractivity contribution in [3.05, 3.63) is 40.8 Å². The summed E-state index contributed by atoms with van der Waals surface area (Å²) in [4.78, 5) is 44.5. The zero-order valence-corrected chi connectivity index (χ0v) is 19.4. The van der Waals surface area contributed by atoms with E-state index in [4.69, 9.17) is 4.74 Å². The normalized spacial score (nSPS) is 10.9. The molecule has 2 N–H and O–H groups in total. The Bertz CT molecular complexity index is 1070. The molecule has 0 atom stereocenters. The Morgan fingerprint density at radius 1 is 1.16 bits per heavy atom. The largest absolute Gasteiger partial charge is 0.451 e. The Morgan fingerprint density at radius 3 is 2.58 bits per heavy atom. The number of rotatable bonds is 8.